The van der Waals surface area contributed by atoms with Crippen molar-refractivity contribution in [3.05, 3.63) is 35.4 Å². The molecule has 1 aliphatic heterocycles. The fourth-order valence-electron chi connectivity index (χ4n) is 2.60. The van der Waals surface area contributed by atoms with Crippen LogP contribution in [0.5, 0.6) is 0 Å². The first-order valence-electron chi connectivity index (χ1n) is 7.36. The fraction of sp³-hybridized carbons (Fsp3) is 0.625. The highest BCUT2D eigenvalue weighted by molar-refractivity contribution is 5.22. The Morgan fingerprint density at radius 2 is 1.79 bits per heavy atom. The van der Waals surface area contributed by atoms with Gasteiger partial charge in [-0.25, -0.2) is 0 Å². The zero-order valence-electron chi connectivity index (χ0n) is 12.5. The maximum absolute atomic E-state index is 3.59. The quantitative estimate of drug-likeness (QED) is 0.868. The monoisotopic (exact) mass is 261 g/mol. The largest absolute Gasteiger partial charge is 0.311 e. The second kappa shape index (κ2) is 7.04. The molecule has 0 aromatic heterocycles. The van der Waals surface area contributed by atoms with Crippen molar-refractivity contribution in [1.29, 1.82) is 0 Å². The van der Waals surface area contributed by atoms with Gasteiger partial charge in [-0.15, -0.1) is 0 Å². The maximum Gasteiger partial charge on any atom is 0.0345 e. The Labute approximate surface area is 117 Å². The van der Waals surface area contributed by atoms with E-state index in [1.165, 1.54) is 24.2 Å². The van der Waals surface area contributed by atoms with Crippen molar-refractivity contribution < 1.29 is 0 Å². The van der Waals surface area contributed by atoms with Gasteiger partial charge in [-0.3, -0.25) is 4.90 Å². The minimum atomic E-state index is 0.633. The third kappa shape index (κ3) is 4.30. The number of rotatable bonds is 5. The molecule has 1 aromatic rings. The second-order valence-electron chi connectivity index (χ2n) is 5.70. The van der Waals surface area contributed by atoms with E-state index in [1.54, 1.807) is 0 Å². The fourth-order valence-corrected chi connectivity index (χ4v) is 2.60. The first-order valence-corrected chi connectivity index (χ1v) is 7.36. The molecule has 1 aromatic carbocycles. The summed E-state index contributed by atoms with van der Waals surface area (Å²) in [5, 5.41) is 3.59. The Kier molecular flexibility index (Phi) is 5.37. The number of likely N-dealkylation sites (N-methyl/N-ethyl adjacent to an activating group) is 2. The van der Waals surface area contributed by atoms with E-state index in [1.807, 2.05) is 0 Å². The van der Waals surface area contributed by atoms with Gasteiger partial charge in [-0.05, 0) is 31.6 Å². The summed E-state index contributed by atoms with van der Waals surface area (Å²) in [6, 6.07) is 9.58. The summed E-state index contributed by atoms with van der Waals surface area (Å²) < 4.78 is 0. The molecule has 1 unspecified atom stereocenters. The predicted molar refractivity (Wildman–Crippen MR) is 81.4 cm³/mol. The van der Waals surface area contributed by atoms with Crippen molar-refractivity contribution in [1.82, 2.24) is 15.1 Å². The van der Waals surface area contributed by atoms with Gasteiger partial charge in [0, 0.05) is 38.8 Å². The third-order valence-corrected chi connectivity index (χ3v) is 4.12. The maximum atomic E-state index is 3.59. The van der Waals surface area contributed by atoms with Crippen LogP contribution < -0.4 is 5.32 Å². The molecule has 2 rings (SSSR count). The molecule has 3 nitrogen and oxygen atoms in total. The standard InChI is InChI=1S/C16H27N3/c1-4-14-5-7-15(8-6-14)11-17-12-16-13-18(2)9-10-19(16)3/h5-8,16-17H,4,9-13H2,1-3H3. The lowest BCUT2D eigenvalue weighted by molar-refractivity contribution is 0.113. The normalized spacial score (nSPS) is 21.7. The summed E-state index contributed by atoms with van der Waals surface area (Å²) in [5.41, 5.74) is 2.79. The Balaban J connectivity index is 1.75. The lowest BCUT2D eigenvalue weighted by atomic mass is 10.1. The SMILES string of the molecule is CCc1ccc(CNCC2CN(C)CCN2C)cc1. The van der Waals surface area contributed by atoms with E-state index in [0.29, 0.717) is 6.04 Å². The van der Waals surface area contributed by atoms with Crippen LogP contribution in [0, 0.1) is 0 Å². The molecule has 0 saturated carbocycles. The van der Waals surface area contributed by atoms with Crippen LogP contribution in [0.1, 0.15) is 18.1 Å². The molecule has 1 heterocycles. The van der Waals surface area contributed by atoms with E-state index in [4.69, 9.17) is 0 Å². The van der Waals surface area contributed by atoms with E-state index in [9.17, 15) is 0 Å². The Morgan fingerprint density at radius 1 is 1.11 bits per heavy atom. The van der Waals surface area contributed by atoms with Crippen LogP contribution >= 0.6 is 0 Å². The Hall–Kier alpha value is -0.900. The van der Waals surface area contributed by atoms with Crippen LogP contribution in [-0.2, 0) is 13.0 Å². The van der Waals surface area contributed by atoms with Gasteiger partial charge in [0.1, 0.15) is 0 Å². The highest BCUT2D eigenvalue weighted by Crippen LogP contribution is 2.07. The van der Waals surface area contributed by atoms with Crippen molar-refractivity contribution in [2.45, 2.75) is 25.9 Å². The van der Waals surface area contributed by atoms with Crippen molar-refractivity contribution >= 4 is 0 Å². The number of aryl methyl sites for hydroxylation is 1. The molecule has 106 valence electrons. The molecule has 19 heavy (non-hydrogen) atoms. The minimum absolute atomic E-state index is 0.633. The molecule has 1 aliphatic rings. The van der Waals surface area contributed by atoms with Gasteiger partial charge >= 0.3 is 0 Å². The molecule has 1 saturated heterocycles. The third-order valence-electron chi connectivity index (χ3n) is 4.12. The highest BCUT2D eigenvalue weighted by Gasteiger charge is 2.21. The number of hydrogen-bond donors (Lipinski definition) is 1. The number of hydrogen-bond acceptors (Lipinski definition) is 3. The van der Waals surface area contributed by atoms with Crippen molar-refractivity contribution in [2.24, 2.45) is 0 Å². The lowest BCUT2D eigenvalue weighted by Crippen LogP contribution is -2.53. The molecule has 1 N–H and O–H groups in total. The molecule has 0 radical (unpaired) electrons. The van der Waals surface area contributed by atoms with Gasteiger partial charge in [0.2, 0.25) is 0 Å². The molecular weight excluding hydrogens is 234 g/mol. The van der Waals surface area contributed by atoms with Gasteiger partial charge in [0.25, 0.3) is 0 Å². The summed E-state index contributed by atoms with van der Waals surface area (Å²) in [4.78, 5) is 4.88. The molecule has 0 bridgehead atoms. The molecule has 0 aliphatic carbocycles. The zero-order valence-corrected chi connectivity index (χ0v) is 12.5. The second-order valence-corrected chi connectivity index (χ2v) is 5.70. The number of nitrogens with zero attached hydrogens (tertiary/aromatic N) is 2. The van der Waals surface area contributed by atoms with Gasteiger partial charge in [-0.1, -0.05) is 31.2 Å². The molecule has 3 heteroatoms. The van der Waals surface area contributed by atoms with Crippen LogP contribution in [0.2, 0.25) is 0 Å². The molecule has 0 spiro atoms. The highest BCUT2D eigenvalue weighted by atomic mass is 15.3. The molecular formula is C16H27N3. The average Bonchev–Trinajstić information content (AvgIpc) is 2.43. The van der Waals surface area contributed by atoms with Crippen LogP contribution in [0.3, 0.4) is 0 Å². The van der Waals surface area contributed by atoms with Crippen molar-refractivity contribution in [2.75, 3.05) is 40.3 Å². The van der Waals surface area contributed by atoms with E-state index in [-0.39, 0.29) is 0 Å². The first-order chi connectivity index (χ1) is 9.19. The van der Waals surface area contributed by atoms with Crippen molar-refractivity contribution in [3.63, 3.8) is 0 Å². The summed E-state index contributed by atoms with van der Waals surface area (Å²) in [6.45, 7) is 7.76. The van der Waals surface area contributed by atoms with Gasteiger partial charge in [0.15, 0.2) is 0 Å². The van der Waals surface area contributed by atoms with Crippen LogP contribution in [0.4, 0.5) is 0 Å². The number of piperazine rings is 1. The van der Waals surface area contributed by atoms with Crippen LogP contribution in [-0.4, -0.2) is 56.1 Å². The topological polar surface area (TPSA) is 18.5 Å². The van der Waals surface area contributed by atoms with Crippen molar-refractivity contribution in [3.8, 4) is 0 Å². The summed E-state index contributed by atoms with van der Waals surface area (Å²) in [5.74, 6) is 0. The average molecular weight is 261 g/mol. The Morgan fingerprint density at radius 3 is 2.47 bits per heavy atom. The van der Waals surface area contributed by atoms with Gasteiger partial charge in [0.05, 0.1) is 0 Å². The first kappa shape index (κ1) is 14.5. The van der Waals surface area contributed by atoms with E-state index in [0.717, 1.165) is 26.1 Å². The molecule has 1 atom stereocenters. The number of benzene rings is 1. The van der Waals surface area contributed by atoms with Gasteiger partial charge in [-0.2, -0.15) is 0 Å². The van der Waals surface area contributed by atoms with Crippen LogP contribution in [0.15, 0.2) is 24.3 Å². The zero-order chi connectivity index (χ0) is 13.7. The predicted octanol–water partition coefficient (Wildman–Crippen LogP) is 1.58. The van der Waals surface area contributed by atoms with Gasteiger partial charge < -0.3 is 10.2 Å². The van der Waals surface area contributed by atoms with E-state index in [2.05, 4.69) is 60.4 Å². The van der Waals surface area contributed by atoms with E-state index >= 15 is 0 Å². The lowest BCUT2D eigenvalue weighted by Gasteiger charge is -2.37. The molecule has 0 amide bonds. The summed E-state index contributed by atoms with van der Waals surface area (Å²) in [6.07, 6.45) is 1.12. The Bertz CT molecular complexity index is 374. The smallest absolute Gasteiger partial charge is 0.0345 e. The van der Waals surface area contributed by atoms with Crippen LogP contribution in [0.25, 0.3) is 0 Å². The number of nitrogens with one attached hydrogen (secondary N) is 1. The summed E-state index contributed by atoms with van der Waals surface area (Å²) >= 11 is 0. The molecule has 1 fully saturated rings. The van der Waals surface area contributed by atoms with E-state index < -0.39 is 0 Å². The summed E-state index contributed by atoms with van der Waals surface area (Å²) in [7, 11) is 4.44. The minimum Gasteiger partial charge on any atom is -0.311 e.